The van der Waals surface area contributed by atoms with Gasteiger partial charge in [-0.3, -0.25) is 13.8 Å². The van der Waals surface area contributed by atoms with Crippen LogP contribution in [0.25, 0.3) is 0 Å². The third kappa shape index (κ3) is 25.5. The van der Waals surface area contributed by atoms with Gasteiger partial charge in [0.15, 0.2) is 0 Å². The van der Waals surface area contributed by atoms with Crippen molar-refractivity contribution >= 4 is 13.7 Å². The summed E-state index contributed by atoms with van der Waals surface area (Å²) in [5.41, 5.74) is 0. The molecule has 0 spiro atoms. The highest BCUT2D eigenvalue weighted by molar-refractivity contribution is 7.47. The number of carbonyl (C=O) groups excluding carboxylic acids is 1. The van der Waals surface area contributed by atoms with Crippen molar-refractivity contribution in [3.8, 4) is 0 Å². The molecule has 1 aliphatic carbocycles. The first-order valence-electron chi connectivity index (χ1n) is 22.6. The van der Waals surface area contributed by atoms with Gasteiger partial charge in [-0.15, -0.1) is 0 Å². The first kappa shape index (κ1) is 53.1. The number of hydrogen-bond acceptors (Lipinski definition) is 10. The summed E-state index contributed by atoms with van der Waals surface area (Å²) in [6.45, 7) is 3.83. The predicted octanol–water partition coefficient (Wildman–Crippen LogP) is 8.06. The van der Waals surface area contributed by atoms with Crippen LogP contribution in [0, 0.1) is 0 Å². The number of unbranched alkanes of at least 4 members (excludes halogenated alkanes) is 26. The van der Waals surface area contributed by atoms with Gasteiger partial charge in [-0.1, -0.05) is 187 Å². The summed E-state index contributed by atoms with van der Waals surface area (Å²) < 4.78 is 22.9. The highest BCUT2D eigenvalue weighted by Gasteiger charge is 2.51. The van der Waals surface area contributed by atoms with Gasteiger partial charge in [0.2, 0.25) is 5.91 Å². The number of hydrogen-bond donors (Lipinski definition) is 8. The summed E-state index contributed by atoms with van der Waals surface area (Å²) in [6.07, 6.45) is 24.3. The summed E-state index contributed by atoms with van der Waals surface area (Å²) >= 11 is 0. The number of amides is 1. The molecule has 1 rings (SSSR count). The number of phosphoric acid groups is 1. The normalized spacial score (nSPS) is 23.7. The van der Waals surface area contributed by atoms with E-state index in [0.29, 0.717) is 6.42 Å². The number of aliphatic hydroxyl groups excluding tert-OH is 6. The lowest BCUT2D eigenvalue weighted by Gasteiger charge is -2.41. The van der Waals surface area contributed by atoms with Crippen LogP contribution in [0.15, 0.2) is 12.2 Å². The number of aliphatic hydroxyl groups is 6. The monoisotopic (exact) mass is 822 g/mol. The van der Waals surface area contributed by atoms with E-state index < -0.39 is 63.2 Å². The minimum absolute atomic E-state index is 0.218. The first-order chi connectivity index (χ1) is 26.9. The van der Waals surface area contributed by atoms with Crippen molar-refractivity contribution in [3.05, 3.63) is 12.2 Å². The van der Waals surface area contributed by atoms with Crippen LogP contribution in [0.5, 0.6) is 0 Å². The minimum Gasteiger partial charge on any atom is -0.387 e. The third-order valence-corrected chi connectivity index (χ3v) is 12.1. The number of allylic oxidation sites excluding steroid dienone is 1. The second kappa shape index (κ2) is 33.9. The lowest BCUT2D eigenvalue weighted by molar-refractivity contribution is -0.220. The molecule has 332 valence electrons. The van der Waals surface area contributed by atoms with Crippen LogP contribution >= 0.6 is 7.82 Å². The van der Waals surface area contributed by atoms with Crippen molar-refractivity contribution < 1.29 is 53.9 Å². The van der Waals surface area contributed by atoms with Gasteiger partial charge in [0.1, 0.15) is 36.6 Å². The molecular formula is C43H84NO11P. The van der Waals surface area contributed by atoms with Crippen molar-refractivity contribution in [2.75, 3.05) is 6.61 Å². The van der Waals surface area contributed by atoms with Crippen molar-refractivity contribution in [1.82, 2.24) is 5.32 Å². The number of rotatable bonds is 37. The molecular weight excluding hydrogens is 737 g/mol. The standard InChI is InChI=1S/C43H84NO11P/c1-3-5-7-9-11-13-15-17-18-19-20-21-22-24-26-28-30-32-36(45)35(44-37(46)33-31-29-27-25-23-16-14-12-10-8-6-4-2)34-54-56(52,53)55-43-41(50)39(48)38(47)40(49)42(43)51/h30,32,35-36,38-43,45,47-51H,3-29,31,33-34H2,1-2H3,(H,44,46)(H,52,53)/b32-30+/t35-,36+,38?,39+,40?,41?,42?,43?/m0/s1. The van der Waals surface area contributed by atoms with Gasteiger partial charge in [0.25, 0.3) is 0 Å². The molecule has 0 heterocycles. The maximum absolute atomic E-state index is 12.9. The Hall–Kier alpha value is -0.920. The van der Waals surface area contributed by atoms with E-state index in [9.17, 15) is 44.9 Å². The van der Waals surface area contributed by atoms with E-state index in [1.165, 1.54) is 134 Å². The van der Waals surface area contributed by atoms with Gasteiger partial charge in [0, 0.05) is 6.42 Å². The smallest absolute Gasteiger partial charge is 0.387 e. The average Bonchev–Trinajstić information content (AvgIpc) is 3.18. The fraction of sp³-hybridized carbons (Fsp3) is 0.930. The second-order valence-electron chi connectivity index (χ2n) is 16.3. The molecule has 1 fully saturated rings. The maximum Gasteiger partial charge on any atom is 0.472 e. The minimum atomic E-state index is -5.07. The van der Waals surface area contributed by atoms with E-state index in [1.54, 1.807) is 0 Å². The van der Waals surface area contributed by atoms with E-state index in [0.717, 1.165) is 44.9 Å². The fourth-order valence-electron chi connectivity index (χ4n) is 7.31. The zero-order chi connectivity index (χ0) is 41.4. The summed E-state index contributed by atoms with van der Waals surface area (Å²) in [6, 6.07) is -1.11. The van der Waals surface area contributed by atoms with Crippen LogP contribution in [-0.4, -0.2) is 96.8 Å². The maximum atomic E-state index is 12.9. The molecule has 0 aliphatic heterocycles. The lowest BCUT2D eigenvalue weighted by Crippen LogP contribution is -2.64. The highest BCUT2D eigenvalue weighted by atomic mass is 31.2. The molecule has 0 aromatic heterocycles. The molecule has 0 radical (unpaired) electrons. The Kier molecular flexibility index (Phi) is 32.1. The topological polar surface area (TPSA) is 206 Å². The van der Waals surface area contributed by atoms with Gasteiger partial charge in [-0.25, -0.2) is 4.57 Å². The van der Waals surface area contributed by atoms with Crippen molar-refractivity contribution in [2.24, 2.45) is 0 Å². The van der Waals surface area contributed by atoms with Crippen LogP contribution < -0.4 is 5.32 Å². The van der Waals surface area contributed by atoms with Crippen LogP contribution in [-0.2, 0) is 18.4 Å². The Balaban J connectivity index is 2.51. The summed E-state index contributed by atoms with van der Waals surface area (Å²) in [4.78, 5) is 23.3. The van der Waals surface area contributed by atoms with Gasteiger partial charge >= 0.3 is 7.82 Å². The summed E-state index contributed by atoms with van der Waals surface area (Å²) in [5, 5.41) is 63.9. The zero-order valence-corrected chi connectivity index (χ0v) is 36.1. The van der Waals surface area contributed by atoms with E-state index in [-0.39, 0.29) is 12.3 Å². The Morgan fingerprint density at radius 3 is 1.36 bits per heavy atom. The lowest BCUT2D eigenvalue weighted by atomic mass is 9.85. The molecule has 1 aliphatic rings. The van der Waals surface area contributed by atoms with E-state index in [1.807, 2.05) is 6.08 Å². The number of nitrogens with one attached hydrogen (secondary N) is 1. The molecule has 56 heavy (non-hydrogen) atoms. The molecule has 9 atom stereocenters. The Labute approximate surface area is 339 Å². The summed E-state index contributed by atoms with van der Waals surface area (Å²) in [5.74, 6) is -0.340. The molecule has 1 saturated carbocycles. The molecule has 1 amide bonds. The quantitative estimate of drug-likeness (QED) is 0.0171. The Morgan fingerprint density at radius 1 is 0.589 bits per heavy atom. The Morgan fingerprint density at radius 2 is 0.946 bits per heavy atom. The molecule has 8 N–H and O–H groups in total. The van der Waals surface area contributed by atoms with Crippen LogP contribution in [0.1, 0.15) is 200 Å². The number of phosphoric ester groups is 1. The van der Waals surface area contributed by atoms with Gasteiger partial charge in [-0.05, 0) is 19.3 Å². The van der Waals surface area contributed by atoms with Gasteiger partial charge in [-0.2, -0.15) is 0 Å². The fourth-order valence-corrected chi connectivity index (χ4v) is 8.28. The third-order valence-electron chi connectivity index (χ3n) is 11.1. The van der Waals surface area contributed by atoms with Crippen molar-refractivity contribution in [1.29, 1.82) is 0 Å². The highest BCUT2D eigenvalue weighted by Crippen LogP contribution is 2.47. The van der Waals surface area contributed by atoms with Crippen molar-refractivity contribution in [3.63, 3.8) is 0 Å². The first-order valence-corrected chi connectivity index (χ1v) is 24.1. The van der Waals surface area contributed by atoms with Crippen LogP contribution in [0.3, 0.4) is 0 Å². The van der Waals surface area contributed by atoms with E-state index in [4.69, 9.17) is 9.05 Å². The molecule has 0 saturated heterocycles. The predicted molar refractivity (Wildman–Crippen MR) is 223 cm³/mol. The van der Waals surface area contributed by atoms with E-state index >= 15 is 0 Å². The van der Waals surface area contributed by atoms with E-state index in [2.05, 4.69) is 19.2 Å². The zero-order valence-electron chi connectivity index (χ0n) is 35.2. The van der Waals surface area contributed by atoms with Gasteiger partial charge in [0.05, 0.1) is 18.8 Å². The molecule has 0 aromatic rings. The number of carbonyl (C=O) groups is 1. The summed E-state index contributed by atoms with van der Waals surface area (Å²) in [7, 11) is -5.07. The molecule has 0 bridgehead atoms. The molecule has 0 aromatic carbocycles. The molecule has 13 heteroatoms. The van der Waals surface area contributed by atoms with Crippen molar-refractivity contribution in [2.45, 2.75) is 249 Å². The second-order valence-corrected chi connectivity index (χ2v) is 17.7. The van der Waals surface area contributed by atoms with Crippen LogP contribution in [0.4, 0.5) is 0 Å². The van der Waals surface area contributed by atoms with Crippen LogP contribution in [0.2, 0.25) is 0 Å². The molecule has 6 unspecified atom stereocenters. The average molecular weight is 822 g/mol. The Bertz CT molecular complexity index is 1000. The molecule has 12 nitrogen and oxygen atoms in total. The van der Waals surface area contributed by atoms with Gasteiger partial charge < -0.3 is 40.8 Å². The SMILES string of the molecule is CCCCCCCCCCCCCCCCC/C=C/[C@@H](O)[C@H](COP(=O)(O)OC1C(O)C(O)C(O)[C@@H](O)C1O)NC(=O)CCCCCCCCCCCCCC. The largest absolute Gasteiger partial charge is 0.472 e.